The lowest BCUT2D eigenvalue weighted by Gasteiger charge is -2.12. The molecule has 0 bridgehead atoms. The van der Waals surface area contributed by atoms with Gasteiger partial charge in [-0.1, -0.05) is 17.0 Å². The van der Waals surface area contributed by atoms with Gasteiger partial charge in [-0.25, -0.2) is 21.6 Å². The molecule has 0 aliphatic rings. The Kier molecular flexibility index (Phi) is 4.46. The molecule has 0 heterocycles. The number of rotatable bonds is 5. The van der Waals surface area contributed by atoms with Gasteiger partial charge in [0.25, 0.3) is 10.0 Å². The zero-order valence-electron chi connectivity index (χ0n) is 9.78. The average Bonchev–Trinajstić information content (AvgIpc) is 2.27. The molecule has 102 valence electrons. The number of hydrogen-bond acceptors (Lipinski definition) is 5. The third kappa shape index (κ3) is 3.27. The summed E-state index contributed by atoms with van der Waals surface area (Å²) < 4.78 is 49.2. The maximum absolute atomic E-state index is 11.9. The quantitative estimate of drug-likeness (QED) is 0.664. The molecule has 0 aromatic heterocycles. The van der Waals surface area contributed by atoms with Crippen molar-refractivity contribution in [3.8, 4) is 0 Å². The summed E-state index contributed by atoms with van der Waals surface area (Å²) in [6.45, 7) is 3.22. The van der Waals surface area contributed by atoms with Crippen molar-refractivity contribution < 1.29 is 22.0 Å². The van der Waals surface area contributed by atoms with E-state index >= 15 is 0 Å². The highest BCUT2D eigenvalue weighted by atomic mass is 32.2. The molecule has 0 aliphatic carbocycles. The van der Waals surface area contributed by atoms with Crippen molar-refractivity contribution >= 4 is 20.0 Å². The molecule has 0 fully saturated rings. The standard InChI is InChI=1S/C9H14N2O5S2/c1-7(2)10-17(13,14)8-5-3-4-6-9(8)18(15,16)11-12/h3-7,10-12H,1-2H3. The average molecular weight is 294 g/mol. The Morgan fingerprint density at radius 1 is 1.00 bits per heavy atom. The first-order valence-electron chi connectivity index (χ1n) is 4.98. The summed E-state index contributed by atoms with van der Waals surface area (Å²) in [6.07, 6.45) is 0. The molecular formula is C9H14N2O5S2. The van der Waals surface area contributed by atoms with Crippen LogP contribution in [0.25, 0.3) is 0 Å². The van der Waals surface area contributed by atoms with Crippen molar-refractivity contribution in [3.63, 3.8) is 0 Å². The minimum absolute atomic E-state index is 0.382. The molecule has 18 heavy (non-hydrogen) atoms. The Morgan fingerprint density at radius 3 is 1.83 bits per heavy atom. The summed E-state index contributed by atoms with van der Waals surface area (Å²) in [5.41, 5.74) is 0. The molecule has 7 nitrogen and oxygen atoms in total. The van der Waals surface area contributed by atoms with Crippen LogP contribution in [0.1, 0.15) is 13.8 Å². The van der Waals surface area contributed by atoms with Crippen LogP contribution in [0.2, 0.25) is 0 Å². The van der Waals surface area contributed by atoms with E-state index < -0.39 is 29.8 Å². The molecule has 0 radical (unpaired) electrons. The van der Waals surface area contributed by atoms with Crippen molar-refractivity contribution in [2.45, 2.75) is 29.7 Å². The Balaban J connectivity index is 3.45. The largest absolute Gasteiger partial charge is 0.302 e. The molecule has 0 atom stereocenters. The van der Waals surface area contributed by atoms with Crippen molar-refractivity contribution in [2.24, 2.45) is 0 Å². The fraction of sp³-hybridized carbons (Fsp3) is 0.333. The van der Waals surface area contributed by atoms with Crippen molar-refractivity contribution in [3.05, 3.63) is 24.3 Å². The highest BCUT2D eigenvalue weighted by molar-refractivity contribution is 7.92. The van der Waals surface area contributed by atoms with Gasteiger partial charge in [0.2, 0.25) is 10.0 Å². The summed E-state index contributed by atoms with van der Waals surface area (Å²) in [7, 11) is -8.23. The second-order valence-corrected chi connectivity index (χ2v) is 7.13. The molecular weight excluding hydrogens is 280 g/mol. The van der Waals surface area contributed by atoms with Crippen molar-refractivity contribution in [1.82, 2.24) is 9.61 Å². The van der Waals surface area contributed by atoms with Crippen LogP contribution in [-0.4, -0.2) is 28.1 Å². The maximum Gasteiger partial charge on any atom is 0.263 e. The maximum atomic E-state index is 11.9. The summed E-state index contributed by atoms with van der Waals surface area (Å²) in [4.78, 5) is 0.174. The lowest BCUT2D eigenvalue weighted by Crippen LogP contribution is -2.32. The van der Waals surface area contributed by atoms with Gasteiger partial charge in [-0.15, -0.1) is 0 Å². The Hall–Kier alpha value is -1.00. The molecule has 3 N–H and O–H groups in total. The molecule has 0 aliphatic heterocycles. The highest BCUT2D eigenvalue weighted by Gasteiger charge is 2.26. The van der Waals surface area contributed by atoms with E-state index in [1.54, 1.807) is 13.8 Å². The topological polar surface area (TPSA) is 113 Å². The van der Waals surface area contributed by atoms with Gasteiger partial charge < -0.3 is 5.21 Å². The monoisotopic (exact) mass is 294 g/mol. The predicted molar refractivity (Wildman–Crippen MR) is 64.0 cm³/mol. The minimum atomic E-state index is -4.26. The first-order chi connectivity index (χ1) is 8.20. The van der Waals surface area contributed by atoms with E-state index in [9.17, 15) is 16.8 Å². The smallest absolute Gasteiger partial charge is 0.263 e. The van der Waals surface area contributed by atoms with Gasteiger partial charge in [0.1, 0.15) is 9.79 Å². The van der Waals surface area contributed by atoms with E-state index in [2.05, 4.69) is 4.72 Å². The normalized spacial score (nSPS) is 12.9. The summed E-state index contributed by atoms with van der Waals surface area (Å²) in [6, 6.07) is 4.61. The zero-order valence-corrected chi connectivity index (χ0v) is 11.4. The molecule has 0 unspecified atom stereocenters. The van der Waals surface area contributed by atoms with Gasteiger partial charge in [0, 0.05) is 6.04 Å². The molecule has 9 heteroatoms. The molecule has 1 aromatic rings. The first-order valence-corrected chi connectivity index (χ1v) is 7.94. The Labute approximate surface area is 106 Å². The minimum Gasteiger partial charge on any atom is -0.302 e. The van der Waals surface area contributed by atoms with Gasteiger partial charge in [-0.3, -0.25) is 0 Å². The van der Waals surface area contributed by atoms with E-state index in [1.165, 1.54) is 12.1 Å². The second kappa shape index (κ2) is 5.33. The number of benzene rings is 1. The summed E-state index contributed by atoms with van der Waals surface area (Å²) >= 11 is 0. The van der Waals surface area contributed by atoms with Gasteiger partial charge in [-0.05, 0) is 26.0 Å². The molecule has 0 saturated carbocycles. The number of sulfonamides is 2. The van der Waals surface area contributed by atoms with Crippen LogP contribution in [0.4, 0.5) is 0 Å². The lowest BCUT2D eigenvalue weighted by molar-refractivity contribution is 0.242. The molecule has 1 rings (SSSR count). The summed E-state index contributed by atoms with van der Waals surface area (Å²) in [5.74, 6) is 0. The van der Waals surface area contributed by atoms with Crippen molar-refractivity contribution in [2.75, 3.05) is 0 Å². The molecule has 0 spiro atoms. The second-order valence-electron chi connectivity index (χ2n) is 3.82. The van der Waals surface area contributed by atoms with Crippen LogP contribution < -0.4 is 9.61 Å². The fourth-order valence-electron chi connectivity index (χ4n) is 1.32. The van der Waals surface area contributed by atoms with E-state index in [-0.39, 0.29) is 6.04 Å². The van der Waals surface area contributed by atoms with Crippen LogP contribution in [-0.2, 0) is 20.0 Å². The number of nitrogens with one attached hydrogen (secondary N) is 2. The van der Waals surface area contributed by atoms with Gasteiger partial charge in [0.05, 0.1) is 0 Å². The molecule has 1 aromatic carbocycles. The van der Waals surface area contributed by atoms with E-state index in [4.69, 9.17) is 5.21 Å². The van der Waals surface area contributed by atoms with Crippen LogP contribution in [0, 0.1) is 0 Å². The Morgan fingerprint density at radius 2 is 1.44 bits per heavy atom. The van der Waals surface area contributed by atoms with Crippen LogP contribution >= 0.6 is 0 Å². The summed E-state index contributed by atoms with van der Waals surface area (Å²) in [5, 5.41) is 8.57. The Bertz CT molecular complexity index is 622. The van der Waals surface area contributed by atoms with Gasteiger partial charge in [0.15, 0.2) is 0 Å². The predicted octanol–water partition coefficient (Wildman–Crippen LogP) is 0.0408. The van der Waals surface area contributed by atoms with Gasteiger partial charge in [-0.2, -0.15) is 0 Å². The SMILES string of the molecule is CC(C)NS(=O)(=O)c1ccccc1S(=O)(=O)NO. The third-order valence-corrected chi connectivity index (χ3v) is 4.96. The van der Waals surface area contributed by atoms with E-state index in [1.807, 2.05) is 0 Å². The van der Waals surface area contributed by atoms with Gasteiger partial charge >= 0.3 is 0 Å². The van der Waals surface area contributed by atoms with Crippen LogP contribution in [0.3, 0.4) is 0 Å². The van der Waals surface area contributed by atoms with E-state index in [0.717, 1.165) is 17.0 Å². The van der Waals surface area contributed by atoms with Crippen LogP contribution in [0.5, 0.6) is 0 Å². The molecule has 0 amide bonds. The van der Waals surface area contributed by atoms with Crippen LogP contribution in [0.15, 0.2) is 34.1 Å². The first kappa shape index (κ1) is 15.1. The van der Waals surface area contributed by atoms with E-state index in [0.29, 0.717) is 0 Å². The third-order valence-electron chi connectivity index (χ3n) is 1.94. The lowest BCUT2D eigenvalue weighted by atomic mass is 10.4. The zero-order chi connectivity index (χ0) is 14.0. The van der Waals surface area contributed by atoms with Crippen molar-refractivity contribution in [1.29, 1.82) is 0 Å². The highest BCUT2D eigenvalue weighted by Crippen LogP contribution is 2.20. The number of hydrogen-bond donors (Lipinski definition) is 3. The molecule has 0 saturated heterocycles. The fourth-order valence-corrected chi connectivity index (χ4v) is 4.00.